The minimum atomic E-state index is -0.868. The van der Waals surface area contributed by atoms with E-state index in [4.69, 9.17) is 4.42 Å². The minimum absolute atomic E-state index is 0.322. The maximum atomic E-state index is 13.1. The van der Waals surface area contributed by atoms with Gasteiger partial charge < -0.3 is 9.52 Å². The standard InChI is InChI=1S/C15H10BrFO2/c16-11-3-1-2-9(6-11)15(18)14-8-10-7-12(17)4-5-13(10)19-14/h1-8,15,18H. The van der Waals surface area contributed by atoms with Gasteiger partial charge in [-0.2, -0.15) is 0 Å². The molecule has 3 rings (SSSR count). The maximum Gasteiger partial charge on any atom is 0.138 e. The molecule has 0 aliphatic rings. The molecule has 0 aliphatic heterocycles. The first-order valence-corrected chi connectivity index (χ1v) is 6.55. The first-order chi connectivity index (χ1) is 9.13. The van der Waals surface area contributed by atoms with Crippen molar-refractivity contribution in [3.63, 3.8) is 0 Å². The van der Waals surface area contributed by atoms with E-state index in [0.717, 1.165) is 4.47 Å². The van der Waals surface area contributed by atoms with Crippen molar-refractivity contribution in [2.45, 2.75) is 6.10 Å². The van der Waals surface area contributed by atoms with E-state index in [9.17, 15) is 9.50 Å². The van der Waals surface area contributed by atoms with Crippen LogP contribution in [0.25, 0.3) is 11.0 Å². The Morgan fingerprint density at radius 1 is 1.11 bits per heavy atom. The predicted octanol–water partition coefficient (Wildman–Crippen LogP) is 4.42. The van der Waals surface area contributed by atoms with E-state index >= 15 is 0 Å². The molecule has 96 valence electrons. The third-order valence-corrected chi connectivity index (χ3v) is 3.42. The van der Waals surface area contributed by atoms with Crippen LogP contribution in [0.2, 0.25) is 0 Å². The van der Waals surface area contributed by atoms with E-state index in [-0.39, 0.29) is 5.82 Å². The molecule has 0 amide bonds. The van der Waals surface area contributed by atoms with Gasteiger partial charge in [0.25, 0.3) is 0 Å². The lowest BCUT2D eigenvalue weighted by Crippen LogP contribution is -1.97. The molecule has 1 aromatic heterocycles. The van der Waals surface area contributed by atoms with Crippen molar-refractivity contribution < 1.29 is 13.9 Å². The van der Waals surface area contributed by atoms with E-state index < -0.39 is 6.10 Å². The fourth-order valence-electron chi connectivity index (χ4n) is 2.01. The Hall–Kier alpha value is -1.65. The van der Waals surface area contributed by atoms with Crippen molar-refractivity contribution in [2.24, 2.45) is 0 Å². The molecule has 0 fully saturated rings. The summed E-state index contributed by atoms with van der Waals surface area (Å²) in [5.41, 5.74) is 1.28. The molecule has 0 aliphatic carbocycles. The topological polar surface area (TPSA) is 33.4 Å². The van der Waals surface area contributed by atoms with E-state index in [1.165, 1.54) is 12.1 Å². The highest BCUT2D eigenvalue weighted by Crippen LogP contribution is 2.29. The molecule has 1 heterocycles. The van der Waals surface area contributed by atoms with Crippen LogP contribution in [0.3, 0.4) is 0 Å². The number of aliphatic hydroxyl groups is 1. The Kier molecular flexibility index (Phi) is 3.12. The second-order valence-corrected chi connectivity index (χ2v) is 5.20. The number of benzene rings is 2. The van der Waals surface area contributed by atoms with Crippen LogP contribution >= 0.6 is 15.9 Å². The van der Waals surface area contributed by atoms with Crippen LogP contribution in [-0.2, 0) is 0 Å². The van der Waals surface area contributed by atoms with Crippen LogP contribution in [0.5, 0.6) is 0 Å². The molecule has 3 aromatic rings. The first kappa shape index (κ1) is 12.4. The van der Waals surface area contributed by atoms with Crippen LogP contribution in [0.1, 0.15) is 17.4 Å². The zero-order valence-electron chi connectivity index (χ0n) is 9.81. The summed E-state index contributed by atoms with van der Waals surface area (Å²) in [7, 11) is 0. The smallest absolute Gasteiger partial charge is 0.138 e. The average molecular weight is 321 g/mol. The van der Waals surface area contributed by atoms with Crippen LogP contribution in [-0.4, -0.2) is 5.11 Å². The quantitative estimate of drug-likeness (QED) is 0.758. The van der Waals surface area contributed by atoms with Gasteiger partial charge in [0.05, 0.1) is 0 Å². The molecule has 2 nitrogen and oxygen atoms in total. The number of halogens is 2. The number of rotatable bonds is 2. The molecule has 0 spiro atoms. The summed E-state index contributed by atoms with van der Waals surface area (Å²) in [6.07, 6.45) is -0.868. The van der Waals surface area contributed by atoms with E-state index in [0.29, 0.717) is 22.3 Å². The summed E-state index contributed by atoms with van der Waals surface area (Å²) in [4.78, 5) is 0. The predicted molar refractivity (Wildman–Crippen MR) is 74.4 cm³/mol. The fourth-order valence-corrected chi connectivity index (χ4v) is 2.43. The number of hydrogen-bond donors (Lipinski definition) is 1. The van der Waals surface area contributed by atoms with Gasteiger partial charge in [-0.1, -0.05) is 28.1 Å². The number of aliphatic hydroxyl groups excluding tert-OH is 1. The number of hydrogen-bond acceptors (Lipinski definition) is 2. The van der Waals surface area contributed by atoms with Crippen LogP contribution in [0.4, 0.5) is 4.39 Å². The molecular formula is C15H10BrFO2. The normalized spacial score (nSPS) is 12.8. The molecule has 0 saturated heterocycles. The van der Waals surface area contributed by atoms with Crippen LogP contribution < -0.4 is 0 Å². The van der Waals surface area contributed by atoms with E-state index in [1.54, 1.807) is 12.1 Å². The fraction of sp³-hybridized carbons (Fsp3) is 0.0667. The molecule has 0 saturated carbocycles. The van der Waals surface area contributed by atoms with Crippen molar-refractivity contribution in [1.82, 2.24) is 0 Å². The lowest BCUT2D eigenvalue weighted by Gasteiger charge is -2.07. The van der Waals surface area contributed by atoms with Crippen LogP contribution in [0.15, 0.2) is 57.4 Å². The van der Waals surface area contributed by atoms with Crippen molar-refractivity contribution >= 4 is 26.9 Å². The number of furan rings is 1. The average Bonchev–Trinajstić information content (AvgIpc) is 2.80. The molecule has 1 atom stereocenters. The summed E-state index contributed by atoms with van der Waals surface area (Å²) in [6, 6.07) is 13.3. The SMILES string of the molecule is OC(c1cccc(Br)c1)c1cc2cc(F)ccc2o1. The summed E-state index contributed by atoms with van der Waals surface area (Å²) >= 11 is 3.36. The van der Waals surface area contributed by atoms with Crippen LogP contribution in [0, 0.1) is 5.82 Å². The third kappa shape index (κ3) is 2.41. The first-order valence-electron chi connectivity index (χ1n) is 5.76. The summed E-state index contributed by atoms with van der Waals surface area (Å²) in [5, 5.41) is 10.9. The molecular weight excluding hydrogens is 311 g/mol. The molecule has 4 heteroatoms. The lowest BCUT2D eigenvalue weighted by atomic mass is 10.1. The van der Waals surface area contributed by atoms with Gasteiger partial charge in [-0.3, -0.25) is 0 Å². The highest BCUT2D eigenvalue weighted by molar-refractivity contribution is 9.10. The van der Waals surface area contributed by atoms with Gasteiger partial charge in [0.1, 0.15) is 23.3 Å². The van der Waals surface area contributed by atoms with E-state index in [1.807, 2.05) is 24.3 Å². The Bertz CT molecular complexity index is 736. The summed E-state index contributed by atoms with van der Waals surface area (Å²) in [5.74, 6) is 0.0792. The zero-order chi connectivity index (χ0) is 13.4. The van der Waals surface area contributed by atoms with Crippen molar-refractivity contribution in [3.05, 3.63) is 70.1 Å². The molecule has 0 radical (unpaired) electrons. The largest absolute Gasteiger partial charge is 0.458 e. The van der Waals surface area contributed by atoms with Gasteiger partial charge in [-0.15, -0.1) is 0 Å². The highest BCUT2D eigenvalue weighted by Gasteiger charge is 2.16. The van der Waals surface area contributed by atoms with Gasteiger partial charge in [0.15, 0.2) is 0 Å². The van der Waals surface area contributed by atoms with Gasteiger partial charge in [-0.25, -0.2) is 4.39 Å². The summed E-state index contributed by atoms with van der Waals surface area (Å²) < 4.78 is 19.5. The molecule has 1 N–H and O–H groups in total. The summed E-state index contributed by atoms with van der Waals surface area (Å²) in [6.45, 7) is 0. The zero-order valence-corrected chi connectivity index (χ0v) is 11.4. The monoisotopic (exact) mass is 320 g/mol. The second kappa shape index (κ2) is 4.79. The lowest BCUT2D eigenvalue weighted by molar-refractivity contribution is 0.192. The Labute approximate surface area is 117 Å². The van der Waals surface area contributed by atoms with Crippen molar-refractivity contribution in [2.75, 3.05) is 0 Å². The molecule has 2 aromatic carbocycles. The van der Waals surface area contributed by atoms with Gasteiger partial charge in [0, 0.05) is 9.86 Å². The molecule has 0 bridgehead atoms. The number of fused-ring (bicyclic) bond motifs is 1. The van der Waals surface area contributed by atoms with Gasteiger partial charge in [-0.05, 0) is 42.0 Å². The van der Waals surface area contributed by atoms with Gasteiger partial charge in [0.2, 0.25) is 0 Å². The molecule has 1 unspecified atom stereocenters. The minimum Gasteiger partial charge on any atom is -0.458 e. The van der Waals surface area contributed by atoms with Gasteiger partial charge >= 0.3 is 0 Å². The Morgan fingerprint density at radius 3 is 2.74 bits per heavy atom. The Morgan fingerprint density at radius 2 is 1.95 bits per heavy atom. The third-order valence-electron chi connectivity index (χ3n) is 2.93. The highest BCUT2D eigenvalue weighted by atomic mass is 79.9. The second-order valence-electron chi connectivity index (χ2n) is 4.29. The van der Waals surface area contributed by atoms with E-state index in [2.05, 4.69) is 15.9 Å². The molecule has 19 heavy (non-hydrogen) atoms. The van der Waals surface area contributed by atoms with Crippen molar-refractivity contribution in [3.8, 4) is 0 Å². The maximum absolute atomic E-state index is 13.1. The van der Waals surface area contributed by atoms with Crippen molar-refractivity contribution in [1.29, 1.82) is 0 Å². The Balaban J connectivity index is 2.04.